The summed E-state index contributed by atoms with van der Waals surface area (Å²) in [5, 5.41) is 9.32. The highest BCUT2D eigenvalue weighted by Crippen LogP contribution is 2.27. The Morgan fingerprint density at radius 1 is 1.13 bits per heavy atom. The smallest absolute Gasteiger partial charge is 0.155 e. The molecule has 0 spiro atoms. The Balaban J connectivity index is 1.38. The second kappa shape index (κ2) is 9.93. The lowest BCUT2D eigenvalue weighted by atomic mass is 10.1. The third kappa shape index (κ3) is 5.23. The van der Waals surface area contributed by atoms with E-state index in [0.29, 0.717) is 6.54 Å². The van der Waals surface area contributed by atoms with E-state index in [9.17, 15) is 4.39 Å². The summed E-state index contributed by atoms with van der Waals surface area (Å²) >= 11 is 4.21. The fraction of sp³-hybridized carbons (Fsp3) is 0.318. The molecule has 1 fully saturated rings. The Hall–Kier alpha value is -2.91. The molecule has 0 saturated carbocycles. The molecule has 0 amide bonds. The van der Waals surface area contributed by atoms with E-state index < -0.39 is 0 Å². The van der Waals surface area contributed by atoms with Gasteiger partial charge in [-0.3, -0.25) is 14.6 Å². The van der Waals surface area contributed by atoms with Gasteiger partial charge in [0.2, 0.25) is 0 Å². The van der Waals surface area contributed by atoms with Crippen LogP contribution in [-0.4, -0.2) is 57.9 Å². The molecule has 162 valence electrons. The summed E-state index contributed by atoms with van der Waals surface area (Å²) in [6.07, 6.45) is 7.39. The summed E-state index contributed by atoms with van der Waals surface area (Å²) in [6, 6.07) is 6.41. The Kier molecular flexibility index (Phi) is 6.83. The molecule has 1 aliphatic rings. The summed E-state index contributed by atoms with van der Waals surface area (Å²) in [7, 11) is 1.88. The van der Waals surface area contributed by atoms with Gasteiger partial charge >= 0.3 is 0 Å². The highest BCUT2D eigenvalue weighted by atomic mass is 32.1. The second-order valence-electron chi connectivity index (χ2n) is 7.45. The van der Waals surface area contributed by atoms with E-state index in [1.165, 1.54) is 17.7 Å². The zero-order valence-corrected chi connectivity index (χ0v) is 18.3. The van der Waals surface area contributed by atoms with Crippen LogP contribution in [-0.2, 0) is 13.1 Å². The number of thiol groups is 1. The molecule has 1 N–H and O–H groups in total. The number of halogens is 1. The molecule has 1 aromatic carbocycles. The fourth-order valence-electron chi connectivity index (χ4n) is 3.68. The van der Waals surface area contributed by atoms with Crippen LogP contribution < -0.4 is 10.2 Å². The quantitative estimate of drug-likeness (QED) is 0.552. The van der Waals surface area contributed by atoms with Crippen molar-refractivity contribution in [2.75, 3.05) is 38.1 Å². The summed E-state index contributed by atoms with van der Waals surface area (Å²) in [5.41, 5.74) is 3.85. The van der Waals surface area contributed by atoms with E-state index in [4.69, 9.17) is 0 Å². The van der Waals surface area contributed by atoms with Crippen molar-refractivity contribution in [1.29, 1.82) is 0 Å². The van der Waals surface area contributed by atoms with Crippen molar-refractivity contribution in [3.8, 4) is 11.3 Å². The number of nitrogens with zero attached hydrogens (tertiary/aromatic N) is 6. The molecule has 9 heteroatoms. The molecule has 4 rings (SSSR count). The number of aromatic nitrogens is 4. The Bertz CT molecular complexity index is 1030. The van der Waals surface area contributed by atoms with Crippen molar-refractivity contribution >= 4 is 18.4 Å². The number of nitrogens with one attached hydrogen (secondary N) is 1. The topological polar surface area (TPSA) is 62.1 Å². The van der Waals surface area contributed by atoms with Gasteiger partial charge < -0.3 is 10.2 Å². The summed E-state index contributed by atoms with van der Waals surface area (Å²) in [6.45, 7) is 5.08. The number of hydrogen-bond donors (Lipinski definition) is 2. The van der Waals surface area contributed by atoms with Crippen LogP contribution in [0.2, 0.25) is 0 Å². The van der Waals surface area contributed by atoms with Gasteiger partial charge in [-0.1, -0.05) is 0 Å². The van der Waals surface area contributed by atoms with Gasteiger partial charge in [0.15, 0.2) is 5.82 Å². The third-order valence-electron chi connectivity index (χ3n) is 5.37. The van der Waals surface area contributed by atoms with Crippen molar-refractivity contribution in [2.45, 2.75) is 13.1 Å². The van der Waals surface area contributed by atoms with E-state index >= 15 is 0 Å². The van der Waals surface area contributed by atoms with Crippen LogP contribution in [0.15, 0.2) is 60.2 Å². The minimum atomic E-state index is -0.255. The maximum Gasteiger partial charge on any atom is 0.155 e. The van der Waals surface area contributed by atoms with Gasteiger partial charge in [0.25, 0.3) is 0 Å². The minimum Gasteiger partial charge on any atom is -0.389 e. The first kappa shape index (κ1) is 21.3. The first-order valence-corrected chi connectivity index (χ1v) is 10.7. The molecule has 7 nitrogen and oxygen atoms in total. The fourth-order valence-corrected chi connectivity index (χ4v) is 3.89. The number of likely N-dealkylation sites (N-methyl/N-ethyl adjacent to an activating group) is 1. The first-order valence-electron chi connectivity index (χ1n) is 10.2. The number of hydrogen-bond acceptors (Lipinski definition) is 7. The number of anilines is 1. The average molecular weight is 440 g/mol. The normalized spacial score (nSPS) is 15.3. The van der Waals surface area contributed by atoms with Crippen molar-refractivity contribution in [3.05, 3.63) is 71.5 Å². The molecule has 0 atom stereocenters. The van der Waals surface area contributed by atoms with Crippen LogP contribution >= 0.6 is 12.6 Å². The zero-order chi connectivity index (χ0) is 21.6. The van der Waals surface area contributed by atoms with Crippen LogP contribution in [0.5, 0.6) is 0 Å². The van der Waals surface area contributed by atoms with Crippen molar-refractivity contribution in [3.63, 3.8) is 0 Å². The van der Waals surface area contributed by atoms with E-state index in [0.717, 1.165) is 55.5 Å². The van der Waals surface area contributed by atoms with Gasteiger partial charge in [-0.25, -0.2) is 9.37 Å². The minimum absolute atomic E-state index is 0.255. The SMILES string of the molecule is CN/C(=C\S)Cn1cc(CN2CCN(c3nccnc3-c3ccc(F)cc3)CC2)cn1. The van der Waals surface area contributed by atoms with E-state index in [1.807, 2.05) is 17.9 Å². The maximum absolute atomic E-state index is 13.3. The second-order valence-corrected chi connectivity index (χ2v) is 7.71. The molecule has 3 aromatic rings. The molecule has 3 heterocycles. The summed E-state index contributed by atoms with van der Waals surface area (Å²) in [4.78, 5) is 13.8. The molecule has 31 heavy (non-hydrogen) atoms. The van der Waals surface area contributed by atoms with Gasteiger partial charge in [0.1, 0.15) is 11.5 Å². The van der Waals surface area contributed by atoms with E-state index in [2.05, 4.69) is 49.0 Å². The van der Waals surface area contributed by atoms with E-state index in [1.54, 1.807) is 29.9 Å². The van der Waals surface area contributed by atoms with Crippen LogP contribution in [0.3, 0.4) is 0 Å². The number of allylic oxidation sites excluding steroid dienone is 1. The molecule has 2 aromatic heterocycles. The highest BCUT2D eigenvalue weighted by Gasteiger charge is 2.22. The number of rotatable bonds is 7. The monoisotopic (exact) mass is 439 g/mol. The largest absolute Gasteiger partial charge is 0.389 e. The summed E-state index contributed by atoms with van der Waals surface area (Å²) < 4.78 is 15.2. The van der Waals surface area contributed by atoms with Gasteiger partial charge in [0.05, 0.1) is 12.7 Å². The maximum atomic E-state index is 13.3. The first-order chi connectivity index (χ1) is 15.2. The van der Waals surface area contributed by atoms with Gasteiger partial charge in [-0.05, 0) is 29.7 Å². The lowest BCUT2D eigenvalue weighted by Crippen LogP contribution is -2.46. The molecule has 0 aliphatic carbocycles. The Morgan fingerprint density at radius 2 is 1.87 bits per heavy atom. The third-order valence-corrected chi connectivity index (χ3v) is 5.68. The summed E-state index contributed by atoms with van der Waals surface area (Å²) in [5.74, 6) is 0.592. The molecular formula is C22H26FN7S. The molecule has 0 radical (unpaired) electrons. The Morgan fingerprint density at radius 3 is 2.58 bits per heavy atom. The van der Waals surface area contributed by atoms with Crippen molar-refractivity contribution in [1.82, 2.24) is 30.0 Å². The number of benzene rings is 1. The van der Waals surface area contributed by atoms with Gasteiger partial charge in [-0.15, -0.1) is 12.6 Å². The van der Waals surface area contributed by atoms with Crippen LogP contribution in [0.4, 0.5) is 10.2 Å². The lowest BCUT2D eigenvalue weighted by Gasteiger charge is -2.35. The van der Waals surface area contributed by atoms with Gasteiger partial charge in [0, 0.05) is 75.2 Å². The lowest BCUT2D eigenvalue weighted by molar-refractivity contribution is 0.249. The van der Waals surface area contributed by atoms with Crippen LogP contribution in [0.1, 0.15) is 5.56 Å². The van der Waals surface area contributed by atoms with Gasteiger partial charge in [-0.2, -0.15) is 5.10 Å². The average Bonchev–Trinajstić information content (AvgIpc) is 3.25. The standard InChI is InChI=1S/C22H26FN7S/c1-24-20(16-31)15-30-14-17(12-27-30)13-28-8-10-29(11-9-28)22-21(25-6-7-26-22)18-2-4-19(23)5-3-18/h2-7,12,14,16,24,31H,8-11,13,15H2,1H3/b20-16-. The zero-order valence-electron chi connectivity index (χ0n) is 17.4. The van der Waals surface area contributed by atoms with Crippen LogP contribution in [0.25, 0.3) is 11.3 Å². The van der Waals surface area contributed by atoms with Crippen LogP contribution in [0, 0.1) is 5.82 Å². The molecule has 1 saturated heterocycles. The predicted molar refractivity (Wildman–Crippen MR) is 123 cm³/mol. The van der Waals surface area contributed by atoms with Crippen molar-refractivity contribution < 1.29 is 4.39 Å². The number of piperazine rings is 1. The van der Waals surface area contributed by atoms with Crippen molar-refractivity contribution in [2.24, 2.45) is 0 Å². The molecule has 1 aliphatic heterocycles. The highest BCUT2D eigenvalue weighted by molar-refractivity contribution is 7.83. The molecule has 0 unspecified atom stereocenters. The predicted octanol–water partition coefficient (Wildman–Crippen LogP) is 2.79. The molecular weight excluding hydrogens is 413 g/mol. The molecule has 0 bridgehead atoms. The Labute approximate surface area is 187 Å². The van der Waals surface area contributed by atoms with E-state index in [-0.39, 0.29) is 5.82 Å².